The number of fused-ring (bicyclic) bond motifs is 1. The molecule has 3 atom stereocenters. The second-order valence-electron chi connectivity index (χ2n) is 5.15. The first-order valence-electron chi connectivity index (χ1n) is 5.99. The molecule has 0 aliphatic heterocycles. The summed E-state index contributed by atoms with van der Waals surface area (Å²) in [5, 5.41) is 0. The Labute approximate surface area is 108 Å². The van der Waals surface area contributed by atoms with Crippen LogP contribution in [-0.4, -0.2) is 0 Å². The van der Waals surface area contributed by atoms with E-state index in [1.54, 1.807) is 0 Å². The molecule has 0 spiro atoms. The van der Waals surface area contributed by atoms with Crippen molar-refractivity contribution < 1.29 is 8.78 Å². The van der Waals surface area contributed by atoms with Gasteiger partial charge in [-0.05, 0) is 58.7 Å². The zero-order valence-electron chi connectivity index (χ0n) is 9.30. The zero-order chi connectivity index (χ0) is 12.2. The molecule has 4 heteroatoms. The predicted molar refractivity (Wildman–Crippen MR) is 65.3 cm³/mol. The van der Waals surface area contributed by atoms with Gasteiger partial charge in [0, 0.05) is 11.6 Å². The first-order valence-corrected chi connectivity index (χ1v) is 6.79. The van der Waals surface area contributed by atoms with Crippen LogP contribution >= 0.6 is 15.9 Å². The van der Waals surface area contributed by atoms with Gasteiger partial charge in [0.25, 0.3) is 0 Å². The highest BCUT2D eigenvalue weighted by atomic mass is 79.9. The lowest BCUT2D eigenvalue weighted by atomic mass is 9.97. The summed E-state index contributed by atoms with van der Waals surface area (Å²) in [6, 6.07) is 2.05. The lowest BCUT2D eigenvalue weighted by molar-refractivity contribution is 0.475. The van der Waals surface area contributed by atoms with Crippen LogP contribution in [0.3, 0.4) is 0 Å². The number of hydrogen-bond donors (Lipinski definition) is 1. The molecule has 2 N–H and O–H groups in total. The molecule has 3 rings (SSSR count). The highest BCUT2D eigenvalue weighted by molar-refractivity contribution is 9.10. The number of rotatable bonds is 2. The maximum atomic E-state index is 13.8. The maximum absolute atomic E-state index is 13.8. The van der Waals surface area contributed by atoms with Crippen LogP contribution in [0.1, 0.15) is 30.9 Å². The Morgan fingerprint density at radius 2 is 1.82 bits per heavy atom. The normalized spacial score (nSPS) is 32.4. The summed E-state index contributed by atoms with van der Waals surface area (Å²) >= 11 is 2.97. The second kappa shape index (κ2) is 4.02. The van der Waals surface area contributed by atoms with Crippen LogP contribution in [0.15, 0.2) is 16.6 Å². The number of halogens is 3. The van der Waals surface area contributed by atoms with Crippen molar-refractivity contribution in [2.75, 3.05) is 0 Å². The van der Waals surface area contributed by atoms with E-state index in [1.165, 1.54) is 31.4 Å². The molecule has 17 heavy (non-hydrogen) atoms. The highest BCUT2D eigenvalue weighted by Gasteiger charge is 2.55. The third kappa shape index (κ3) is 1.82. The van der Waals surface area contributed by atoms with Crippen LogP contribution < -0.4 is 5.73 Å². The average molecular weight is 302 g/mol. The van der Waals surface area contributed by atoms with Crippen molar-refractivity contribution in [3.8, 4) is 0 Å². The van der Waals surface area contributed by atoms with Gasteiger partial charge in [0.05, 0.1) is 4.47 Å². The van der Waals surface area contributed by atoms with Gasteiger partial charge >= 0.3 is 0 Å². The quantitative estimate of drug-likeness (QED) is 0.827. The predicted octanol–water partition coefficient (Wildman–Crippen LogP) is 3.77. The van der Waals surface area contributed by atoms with Crippen molar-refractivity contribution in [2.24, 2.45) is 23.5 Å². The molecule has 0 radical (unpaired) electrons. The third-order valence-electron chi connectivity index (χ3n) is 4.29. The van der Waals surface area contributed by atoms with E-state index in [9.17, 15) is 8.78 Å². The SMILES string of the molecule is NC(c1cc(F)c(Br)cc1F)C1C2CCCC21. The van der Waals surface area contributed by atoms with E-state index in [2.05, 4.69) is 15.9 Å². The first-order chi connectivity index (χ1) is 8.09. The van der Waals surface area contributed by atoms with Crippen molar-refractivity contribution in [1.82, 2.24) is 0 Å². The molecule has 2 aliphatic rings. The van der Waals surface area contributed by atoms with E-state index >= 15 is 0 Å². The van der Waals surface area contributed by atoms with E-state index in [1.807, 2.05) is 0 Å². The first kappa shape index (κ1) is 11.6. The van der Waals surface area contributed by atoms with Crippen molar-refractivity contribution in [3.05, 3.63) is 33.8 Å². The molecule has 0 amide bonds. The summed E-state index contributed by atoms with van der Waals surface area (Å²) in [4.78, 5) is 0. The van der Waals surface area contributed by atoms with Gasteiger partial charge in [0.2, 0.25) is 0 Å². The molecular weight excluding hydrogens is 288 g/mol. The van der Waals surface area contributed by atoms with E-state index in [4.69, 9.17) is 5.73 Å². The van der Waals surface area contributed by atoms with Crippen LogP contribution in [0.25, 0.3) is 0 Å². The molecule has 2 aliphatic carbocycles. The summed E-state index contributed by atoms with van der Waals surface area (Å²) in [6.07, 6.45) is 3.66. The minimum Gasteiger partial charge on any atom is -0.324 e. The Morgan fingerprint density at radius 3 is 2.47 bits per heavy atom. The van der Waals surface area contributed by atoms with Crippen molar-refractivity contribution in [3.63, 3.8) is 0 Å². The van der Waals surface area contributed by atoms with Gasteiger partial charge in [-0.2, -0.15) is 0 Å². The summed E-state index contributed by atoms with van der Waals surface area (Å²) < 4.78 is 27.3. The van der Waals surface area contributed by atoms with Crippen LogP contribution in [-0.2, 0) is 0 Å². The molecule has 1 nitrogen and oxygen atoms in total. The molecule has 1 aromatic rings. The summed E-state index contributed by atoms with van der Waals surface area (Å²) in [6.45, 7) is 0. The molecule has 0 heterocycles. The largest absolute Gasteiger partial charge is 0.324 e. The van der Waals surface area contributed by atoms with Gasteiger partial charge in [-0.15, -0.1) is 0 Å². The standard InChI is InChI=1S/C13H14BrF2N/c14-9-5-10(15)8(4-11(9)16)13(17)12-6-2-1-3-7(6)12/h4-7,12-13H,1-3,17H2. The van der Waals surface area contributed by atoms with Gasteiger partial charge in [-0.25, -0.2) is 8.78 Å². The molecular formula is C13H14BrF2N. The second-order valence-corrected chi connectivity index (χ2v) is 6.00. The Hall–Kier alpha value is -0.480. The summed E-state index contributed by atoms with van der Waals surface area (Å²) in [5.74, 6) is 0.810. The van der Waals surface area contributed by atoms with Gasteiger partial charge < -0.3 is 5.73 Å². The minimum atomic E-state index is -0.442. The zero-order valence-corrected chi connectivity index (χ0v) is 10.9. The Morgan fingerprint density at radius 1 is 1.18 bits per heavy atom. The Kier molecular flexibility index (Phi) is 2.75. The molecule has 0 saturated heterocycles. The van der Waals surface area contributed by atoms with Gasteiger partial charge in [0.1, 0.15) is 11.6 Å². The Bertz CT molecular complexity index is 453. The fraction of sp³-hybridized carbons (Fsp3) is 0.538. The lowest BCUT2D eigenvalue weighted by Crippen LogP contribution is -2.17. The van der Waals surface area contributed by atoms with Crippen LogP contribution in [0, 0.1) is 29.4 Å². The number of nitrogens with two attached hydrogens (primary N) is 1. The molecule has 0 aromatic heterocycles. The van der Waals surface area contributed by atoms with Crippen LogP contribution in [0.4, 0.5) is 8.78 Å². The molecule has 2 fully saturated rings. The van der Waals surface area contributed by atoms with Gasteiger partial charge in [-0.1, -0.05) is 6.42 Å². The summed E-state index contributed by atoms with van der Waals surface area (Å²) in [5.41, 5.74) is 6.41. The number of benzene rings is 1. The van der Waals surface area contributed by atoms with E-state index in [0.717, 1.165) is 0 Å². The highest BCUT2D eigenvalue weighted by Crippen LogP contribution is 2.61. The van der Waals surface area contributed by atoms with Crippen LogP contribution in [0.5, 0.6) is 0 Å². The van der Waals surface area contributed by atoms with E-state index in [0.29, 0.717) is 23.3 Å². The van der Waals surface area contributed by atoms with Gasteiger partial charge in [0.15, 0.2) is 0 Å². The van der Waals surface area contributed by atoms with Crippen molar-refractivity contribution in [2.45, 2.75) is 25.3 Å². The molecule has 2 saturated carbocycles. The van der Waals surface area contributed by atoms with Crippen molar-refractivity contribution in [1.29, 1.82) is 0 Å². The monoisotopic (exact) mass is 301 g/mol. The Balaban J connectivity index is 1.87. The van der Waals surface area contributed by atoms with Crippen LogP contribution in [0.2, 0.25) is 0 Å². The maximum Gasteiger partial charge on any atom is 0.137 e. The third-order valence-corrected chi connectivity index (χ3v) is 4.89. The average Bonchev–Trinajstić information content (AvgIpc) is 2.76. The molecule has 1 aromatic carbocycles. The topological polar surface area (TPSA) is 26.0 Å². The number of hydrogen-bond acceptors (Lipinski definition) is 1. The van der Waals surface area contributed by atoms with E-state index in [-0.39, 0.29) is 10.5 Å². The van der Waals surface area contributed by atoms with Gasteiger partial charge in [-0.3, -0.25) is 0 Å². The molecule has 92 valence electrons. The lowest BCUT2D eigenvalue weighted by Gasteiger charge is -2.15. The van der Waals surface area contributed by atoms with E-state index < -0.39 is 11.6 Å². The summed E-state index contributed by atoms with van der Waals surface area (Å²) in [7, 11) is 0. The fourth-order valence-corrected chi connectivity index (χ4v) is 3.73. The minimum absolute atomic E-state index is 0.155. The van der Waals surface area contributed by atoms with Crippen molar-refractivity contribution >= 4 is 15.9 Å². The molecule has 3 unspecified atom stereocenters. The smallest absolute Gasteiger partial charge is 0.137 e. The molecule has 0 bridgehead atoms. The fourth-order valence-electron chi connectivity index (χ4n) is 3.41.